The van der Waals surface area contributed by atoms with Gasteiger partial charge in [0, 0.05) is 13.2 Å². The molecule has 0 fully saturated rings. The van der Waals surface area contributed by atoms with E-state index in [1.54, 1.807) is 31.2 Å². The van der Waals surface area contributed by atoms with E-state index in [-0.39, 0.29) is 11.7 Å². The number of benzene rings is 2. The molecule has 9 heteroatoms. The van der Waals surface area contributed by atoms with Crippen molar-refractivity contribution in [1.82, 2.24) is 9.55 Å². The monoisotopic (exact) mass is 461 g/mol. The number of amides is 1. The number of ether oxygens (including phenoxy) is 1. The van der Waals surface area contributed by atoms with Gasteiger partial charge < -0.3 is 10.1 Å². The van der Waals surface area contributed by atoms with Crippen LogP contribution in [0.5, 0.6) is 0 Å². The molecule has 0 radical (unpaired) electrons. The molecule has 1 unspecified atom stereocenters. The van der Waals surface area contributed by atoms with Gasteiger partial charge in [0.15, 0.2) is 5.16 Å². The van der Waals surface area contributed by atoms with Gasteiger partial charge in [0.25, 0.3) is 5.56 Å². The largest absolute Gasteiger partial charge is 0.379 e. The van der Waals surface area contributed by atoms with E-state index in [0.29, 0.717) is 35.6 Å². The van der Waals surface area contributed by atoms with Crippen LogP contribution in [0.15, 0.2) is 52.4 Å². The van der Waals surface area contributed by atoms with E-state index in [1.807, 2.05) is 13.8 Å². The molecule has 3 aromatic rings. The molecule has 1 aromatic heterocycles. The Morgan fingerprint density at radius 3 is 2.50 bits per heavy atom. The van der Waals surface area contributed by atoms with Crippen LogP contribution < -0.4 is 10.9 Å². The average molecular weight is 462 g/mol. The first-order valence-electron chi connectivity index (χ1n) is 10.3. The molecule has 0 aliphatic rings. The van der Waals surface area contributed by atoms with Gasteiger partial charge >= 0.3 is 0 Å². The SMILES string of the molecule is CC(C)OCCCn1c(SC(C)C(=O)Nc2c(F)cccc2F)nc2ccccc2c1=O. The molecule has 0 saturated carbocycles. The number of anilines is 1. The van der Waals surface area contributed by atoms with E-state index < -0.39 is 28.5 Å². The smallest absolute Gasteiger partial charge is 0.262 e. The quantitative estimate of drug-likeness (QED) is 0.286. The average Bonchev–Trinajstić information content (AvgIpc) is 2.75. The molecule has 3 rings (SSSR count). The van der Waals surface area contributed by atoms with Gasteiger partial charge in [0.05, 0.1) is 22.3 Å². The second-order valence-electron chi connectivity index (χ2n) is 7.49. The van der Waals surface area contributed by atoms with Crippen LogP contribution in [-0.4, -0.2) is 33.4 Å². The molecule has 1 N–H and O–H groups in total. The Hall–Kier alpha value is -2.78. The van der Waals surface area contributed by atoms with Gasteiger partial charge in [0.2, 0.25) is 5.91 Å². The van der Waals surface area contributed by atoms with Gasteiger partial charge in [-0.3, -0.25) is 14.2 Å². The summed E-state index contributed by atoms with van der Waals surface area (Å²) in [5.41, 5.74) is -0.197. The standard InChI is InChI=1S/C23H25F2N3O3S/c1-14(2)31-13-7-12-28-22(30)16-8-4-5-11-19(16)26-23(28)32-15(3)21(29)27-20-17(24)9-6-10-18(20)25/h4-6,8-11,14-15H,7,12-13H2,1-3H3,(H,27,29). The Balaban J connectivity index is 1.84. The van der Waals surface area contributed by atoms with Gasteiger partial charge in [-0.25, -0.2) is 13.8 Å². The fourth-order valence-corrected chi connectivity index (χ4v) is 3.96. The molecule has 0 aliphatic carbocycles. The Morgan fingerprint density at radius 2 is 1.81 bits per heavy atom. The molecule has 32 heavy (non-hydrogen) atoms. The van der Waals surface area contributed by atoms with Crippen LogP contribution in [-0.2, 0) is 16.1 Å². The van der Waals surface area contributed by atoms with Crippen molar-refractivity contribution < 1.29 is 18.3 Å². The number of carbonyl (C=O) groups is 1. The summed E-state index contributed by atoms with van der Waals surface area (Å²) in [6.07, 6.45) is 0.671. The highest BCUT2D eigenvalue weighted by atomic mass is 32.2. The lowest BCUT2D eigenvalue weighted by molar-refractivity contribution is -0.115. The molecule has 0 bridgehead atoms. The number of rotatable bonds is 9. The number of nitrogens with zero attached hydrogens (tertiary/aromatic N) is 2. The minimum atomic E-state index is -0.860. The molecule has 1 atom stereocenters. The first-order chi connectivity index (χ1) is 15.3. The van der Waals surface area contributed by atoms with Crippen molar-refractivity contribution in [3.63, 3.8) is 0 Å². The predicted octanol–water partition coefficient (Wildman–Crippen LogP) is 4.61. The van der Waals surface area contributed by atoms with Crippen molar-refractivity contribution in [2.75, 3.05) is 11.9 Å². The zero-order chi connectivity index (χ0) is 23.3. The number of para-hydroxylation sites is 2. The number of hydrogen-bond acceptors (Lipinski definition) is 5. The maximum atomic E-state index is 13.9. The Morgan fingerprint density at radius 1 is 1.12 bits per heavy atom. The third kappa shape index (κ3) is 5.72. The van der Waals surface area contributed by atoms with Crippen LogP contribution in [0.1, 0.15) is 27.2 Å². The number of hydrogen-bond donors (Lipinski definition) is 1. The number of aromatic nitrogens is 2. The molecule has 170 valence electrons. The van der Waals surface area contributed by atoms with Crippen molar-refractivity contribution in [3.05, 3.63) is 64.5 Å². The van der Waals surface area contributed by atoms with E-state index in [9.17, 15) is 18.4 Å². The molecular formula is C23H25F2N3O3S. The van der Waals surface area contributed by atoms with Crippen LogP contribution in [0.2, 0.25) is 0 Å². The Bertz CT molecular complexity index is 1150. The van der Waals surface area contributed by atoms with Crippen molar-refractivity contribution in [2.45, 2.75) is 50.2 Å². The fourth-order valence-electron chi connectivity index (χ4n) is 3.03. The van der Waals surface area contributed by atoms with Crippen LogP contribution in [0, 0.1) is 11.6 Å². The highest BCUT2D eigenvalue weighted by Gasteiger charge is 2.21. The third-order valence-corrected chi connectivity index (χ3v) is 5.76. The lowest BCUT2D eigenvalue weighted by Crippen LogP contribution is -2.28. The second kappa shape index (κ2) is 10.7. The molecular weight excluding hydrogens is 436 g/mol. The van der Waals surface area contributed by atoms with Gasteiger partial charge in [-0.2, -0.15) is 0 Å². The first-order valence-corrected chi connectivity index (χ1v) is 11.2. The van der Waals surface area contributed by atoms with Crippen molar-refractivity contribution >= 4 is 34.3 Å². The summed E-state index contributed by atoms with van der Waals surface area (Å²) in [6, 6.07) is 10.3. The zero-order valence-electron chi connectivity index (χ0n) is 18.1. The summed E-state index contributed by atoms with van der Waals surface area (Å²) in [4.78, 5) is 30.3. The molecule has 1 heterocycles. The highest BCUT2D eigenvalue weighted by Crippen LogP contribution is 2.25. The lowest BCUT2D eigenvalue weighted by atomic mass is 10.2. The molecule has 0 aliphatic heterocycles. The lowest BCUT2D eigenvalue weighted by Gasteiger charge is -2.17. The predicted molar refractivity (Wildman–Crippen MR) is 122 cm³/mol. The van der Waals surface area contributed by atoms with E-state index in [1.165, 1.54) is 10.6 Å². The zero-order valence-corrected chi connectivity index (χ0v) is 18.9. The fraction of sp³-hybridized carbons (Fsp3) is 0.348. The van der Waals surface area contributed by atoms with Crippen LogP contribution in [0.3, 0.4) is 0 Å². The maximum Gasteiger partial charge on any atom is 0.262 e. The van der Waals surface area contributed by atoms with Crippen LogP contribution >= 0.6 is 11.8 Å². The Kier molecular flexibility index (Phi) is 7.98. The topological polar surface area (TPSA) is 73.2 Å². The molecule has 0 saturated heterocycles. The summed E-state index contributed by atoms with van der Waals surface area (Å²) in [5.74, 6) is -2.32. The van der Waals surface area contributed by atoms with Crippen LogP contribution in [0.4, 0.5) is 14.5 Å². The summed E-state index contributed by atoms with van der Waals surface area (Å²) >= 11 is 1.06. The number of carbonyl (C=O) groups excluding carboxylic acids is 1. The van der Waals surface area contributed by atoms with Crippen molar-refractivity contribution in [3.8, 4) is 0 Å². The van der Waals surface area contributed by atoms with Gasteiger partial charge in [-0.1, -0.05) is 30.0 Å². The van der Waals surface area contributed by atoms with Crippen molar-refractivity contribution in [1.29, 1.82) is 0 Å². The van der Waals surface area contributed by atoms with E-state index in [2.05, 4.69) is 10.3 Å². The minimum Gasteiger partial charge on any atom is -0.379 e. The highest BCUT2D eigenvalue weighted by molar-refractivity contribution is 8.00. The van der Waals surface area contributed by atoms with E-state index >= 15 is 0 Å². The van der Waals surface area contributed by atoms with E-state index in [0.717, 1.165) is 23.9 Å². The van der Waals surface area contributed by atoms with Gasteiger partial charge in [0.1, 0.15) is 17.3 Å². The molecule has 0 spiro atoms. The molecule has 2 aromatic carbocycles. The second-order valence-corrected chi connectivity index (χ2v) is 8.80. The first kappa shape index (κ1) is 23.9. The van der Waals surface area contributed by atoms with Gasteiger partial charge in [-0.15, -0.1) is 0 Å². The Labute approximate surface area is 189 Å². The van der Waals surface area contributed by atoms with E-state index in [4.69, 9.17) is 4.74 Å². The molecule has 1 amide bonds. The number of thioether (sulfide) groups is 1. The normalized spacial score (nSPS) is 12.3. The minimum absolute atomic E-state index is 0.0813. The van der Waals surface area contributed by atoms with Gasteiger partial charge in [-0.05, 0) is 51.5 Å². The number of nitrogens with one attached hydrogen (secondary N) is 1. The summed E-state index contributed by atoms with van der Waals surface area (Å²) in [7, 11) is 0. The molecule has 6 nitrogen and oxygen atoms in total. The third-order valence-electron chi connectivity index (χ3n) is 4.67. The van der Waals surface area contributed by atoms with Crippen molar-refractivity contribution in [2.24, 2.45) is 0 Å². The number of halogens is 2. The maximum absolute atomic E-state index is 13.9. The summed E-state index contributed by atoms with van der Waals surface area (Å²) in [6.45, 7) is 6.30. The van der Waals surface area contributed by atoms with Crippen LogP contribution in [0.25, 0.3) is 10.9 Å². The number of fused-ring (bicyclic) bond motifs is 1. The summed E-state index contributed by atoms with van der Waals surface area (Å²) < 4.78 is 34.9. The summed E-state index contributed by atoms with van der Waals surface area (Å²) in [5, 5.41) is 2.36.